The SMILES string of the molecule is COc1ccc([C@@H](OC)[C@H](C)OC)cc1OC. The van der Waals surface area contributed by atoms with Crippen LogP contribution in [-0.2, 0) is 9.47 Å². The van der Waals surface area contributed by atoms with E-state index in [2.05, 4.69) is 0 Å². The summed E-state index contributed by atoms with van der Waals surface area (Å²) in [7, 11) is 6.56. The third-order valence-electron chi connectivity index (χ3n) is 2.79. The van der Waals surface area contributed by atoms with E-state index in [1.165, 1.54) is 0 Å². The average molecular weight is 240 g/mol. The van der Waals surface area contributed by atoms with E-state index in [0.717, 1.165) is 5.56 Å². The van der Waals surface area contributed by atoms with Crippen molar-refractivity contribution in [3.63, 3.8) is 0 Å². The van der Waals surface area contributed by atoms with Crippen LogP contribution in [0, 0.1) is 0 Å². The third kappa shape index (κ3) is 3.11. The Morgan fingerprint density at radius 2 is 1.53 bits per heavy atom. The summed E-state index contributed by atoms with van der Waals surface area (Å²) in [5, 5.41) is 0. The molecule has 4 heteroatoms. The van der Waals surface area contributed by atoms with Gasteiger partial charge in [0.1, 0.15) is 6.10 Å². The summed E-state index contributed by atoms with van der Waals surface area (Å²) in [4.78, 5) is 0. The van der Waals surface area contributed by atoms with Crippen molar-refractivity contribution in [1.29, 1.82) is 0 Å². The molecule has 0 amide bonds. The van der Waals surface area contributed by atoms with Gasteiger partial charge in [-0.25, -0.2) is 0 Å². The van der Waals surface area contributed by atoms with Crippen LogP contribution in [-0.4, -0.2) is 34.5 Å². The molecule has 0 fully saturated rings. The molecule has 96 valence electrons. The largest absolute Gasteiger partial charge is 0.493 e. The van der Waals surface area contributed by atoms with Gasteiger partial charge in [0.2, 0.25) is 0 Å². The van der Waals surface area contributed by atoms with Gasteiger partial charge in [-0.15, -0.1) is 0 Å². The van der Waals surface area contributed by atoms with Crippen LogP contribution in [0.5, 0.6) is 11.5 Å². The predicted octanol–water partition coefficient (Wildman–Crippen LogP) is 2.43. The molecule has 0 aliphatic heterocycles. The summed E-state index contributed by atoms with van der Waals surface area (Å²) in [6, 6.07) is 5.72. The number of hydrogen-bond donors (Lipinski definition) is 0. The first-order valence-corrected chi connectivity index (χ1v) is 5.45. The summed E-state index contributed by atoms with van der Waals surface area (Å²) < 4.78 is 21.2. The molecule has 0 aliphatic rings. The molecule has 1 aromatic rings. The van der Waals surface area contributed by atoms with Crippen molar-refractivity contribution < 1.29 is 18.9 Å². The maximum atomic E-state index is 5.44. The molecule has 17 heavy (non-hydrogen) atoms. The molecule has 1 aromatic carbocycles. The predicted molar refractivity (Wildman–Crippen MR) is 65.8 cm³/mol. The van der Waals surface area contributed by atoms with E-state index < -0.39 is 0 Å². The lowest BCUT2D eigenvalue weighted by molar-refractivity contribution is -0.0278. The minimum Gasteiger partial charge on any atom is -0.493 e. The van der Waals surface area contributed by atoms with E-state index in [1.54, 1.807) is 28.4 Å². The second-order valence-electron chi connectivity index (χ2n) is 3.71. The number of benzene rings is 1. The maximum Gasteiger partial charge on any atom is 0.161 e. The minimum absolute atomic E-state index is 0.0295. The Labute approximate surface area is 102 Å². The molecular formula is C13H20O4. The fourth-order valence-electron chi connectivity index (χ4n) is 1.75. The Bertz CT molecular complexity index is 351. The maximum absolute atomic E-state index is 5.44. The van der Waals surface area contributed by atoms with Crippen LogP contribution < -0.4 is 9.47 Å². The molecule has 0 saturated heterocycles. The molecule has 0 radical (unpaired) electrons. The number of rotatable bonds is 6. The van der Waals surface area contributed by atoms with Gasteiger partial charge in [0.15, 0.2) is 11.5 Å². The van der Waals surface area contributed by atoms with Gasteiger partial charge < -0.3 is 18.9 Å². The van der Waals surface area contributed by atoms with E-state index in [-0.39, 0.29) is 12.2 Å². The summed E-state index contributed by atoms with van der Waals surface area (Å²) in [5.41, 5.74) is 1.000. The highest BCUT2D eigenvalue weighted by Crippen LogP contribution is 2.32. The van der Waals surface area contributed by atoms with Crippen LogP contribution in [0.2, 0.25) is 0 Å². The van der Waals surface area contributed by atoms with Crippen molar-refractivity contribution in [1.82, 2.24) is 0 Å². The number of methoxy groups -OCH3 is 4. The summed E-state index contributed by atoms with van der Waals surface area (Å²) in [6.07, 6.45) is -0.155. The van der Waals surface area contributed by atoms with Crippen LogP contribution in [0.3, 0.4) is 0 Å². The van der Waals surface area contributed by atoms with Gasteiger partial charge in [-0.2, -0.15) is 0 Å². The molecular weight excluding hydrogens is 220 g/mol. The Morgan fingerprint density at radius 1 is 0.882 bits per heavy atom. The topological polar surface area (TPSA) is 36.9 Å². The quantitative estimate of drug-likeness (QED) is 0.765. The molecule has 4 nitrogen and oxygen atoms in total. The normalized spacial score (nSPS) is 14.2. The van der Waals surface area contributed by atoms with Crippen LogP contribution in [0.15, 0.2) is 18.2 Å². The van der Waals surface area contributed by atoms with Gasteiger partial charge in [0, 0.05) is 14.2 Å². The van der Waals surface area contributed by atoms with Crippen molar-refractivity contribution >= 4 is 0 Å². The fourth-order valence-corrected chi connectivity index (χ4v) is 1.75. The summed E-state index contributed by atoms with van der Waals surface area (Å²) in [5.74, 6) is 1.39. The highest BCUT2D eigenvalue weighted by Gasteiger charge is 2.20. The van der Waals surface area contributed by atoms with E-state index in [4.69, 9.17) is 18.9 Å². The smallest absolute Gasteiger partial charge is 0.161 e. The molecule has 2 atom stereocenters. The lowest BCUT2D eigenvalue weighted by Crippen LogP contribution is -2.19. The Kier molecular flexibility index (Phi) is 5.25. The average Bonchev–Trinajstić information content (AvgIpc) is 2.38. The molecule has 0 saturated carbocycles. The molecule has 0 unspecified atom stereocenters. The van der Waals surface area contributed by atoms with Gasteiger partial charge in [0.05, 0.1) is 20.3 Å². The monoisotopic (exact) mass is 240 g/mol. The van der Waals surface area contributed by atoms with Crippen molar-refractivity contribution in [3.05, 3.63) is 23.8 Å². The second-order valence-corrected chi connectivity index (χ2v) is 3.71. The van der Waals surface area contributed by atoms with Crippen molar-refractivity contribution in [3.8, 4) is 11.5 Å². The van der Waals surface area contributed by atoms with Crippen molar-refractivity contribution in [2.24, 2.45) is 0 Å². The van der Waals surface area contributed by atoms with Crippen LogP contribution in [0.25, 0.3) is 0 Å². The van der Waals surface area contributed by atoms with Crippen LogP contribution in [0.1, 0.15) is 18.6 Å². The van der Waals surface area contributed by atoms with E-state index >= 15 is 0 Å². The van der Waals surface area contributed by atoms with E-state index in [9.17, 15) is 0 Å². The highest BCUT2D eigenvalue weighted by molar-refractivity contribution is 5.43. The summed E-state index contributed by atoms with van der Waals surface area (Å²) >= 11 is 0. The van der Waals surface area contributed by atoms with Gasteiger partial charge in [0.25, 0.3) is 0 Å². The Morgan fingerprint density at radius 3 is 2.00 bits per heavy atom. The first kappa shape index (κ1) is 13.8. The molecule has 0 heterocycles. The molecule has 0 spiro atoms. The fraction of sp³-hybridized carbons (Fsp3) is 0.538. The lowest BCUT2D eigenvalue weighted by Gasteiger charge is -2.22. The van der Waals surface area contributed by atoms with Gasteiger partial charge in [-0.3, -0.25) is 0 Å². The first-order valence-electron chi connectivity index (χ1n) is 5.45. The Hall–Kier alpha value is -1.26. The lowest BCUT2D eigenvalue weighted by atomic mass is 10.0. The van der Waals surface area contributed by atoms with Gasteiger partial charge >= 0.3 is 0 Å². The van der Waals surface area contributed by atoms with Crippen molar-refractivity contribution in [2.75, 3.05) is 28.4 Å². The number of ether oxygens (including phenoxy) is 4. The molecule has 0 bridgehead atoms. The zero-order chi connectivity index (χ0) is 12.8. The molecule has 0 aromatic heterocycles. The van der Waals surface area contributed by atoms with Gasteiger partial charge in [-0.1, -0.05) is 6.07 Å². The zero-order valence-electron chi connectivity index (χ0n) is 11.0. The van der Waals surface area contributed by atoms with Gasteiger partial charge in [-0.05, 0) is 24.6 Å². The molecule has 0 N–H and O–H groups in total. The molecule has 0 aliphatic carbocycles. The minimum atomic E-state index is -0.125. The second kappa shape index (κ2) is 6.47. The Balaban J connectivity index is 3.04. The zero-order valence-corrected chi connectivity index (χ0v) is 11.0. The summed E-state index contributed by atoms with van der Waals surface area (Å²) in [6.45, 7) is 1.96. The third-order valence-corrected chi connectivity index (χ3v) is 2.79. The first-order chi connectivity index (χ1) is 8.17. The number of hydrogen-bond acceptors (Lipinski definition) is 4. The standard InChI is InChI=1S/C13H20O4/c1-9(14-2)13(17-5)10-6-7-11(15-3)12(8-10)16-4/h6-9,13H,1-5H3/t9-,13-/m0/s1. The van der Waals surface area contributed by atoms with E-state index in [0.29, 0.717) is 11.5 Å². The van der Waals surface area contributed by atoms with Crippen molar-refractivity contribution in [2.45, 2.75) is 19.1 Å². The van der Waals surface area contributed by atoms with Crippen LogP contribution >= 0.6 is 0 Å². The molecule has 1 rings (SSSR count). The highest BCUT2D eigenvalue weighted by atomic mass is 16.5. The van der Waals surface area contributed by atoms with Crippen LogP contribution in [0.4, 0.5) is 0 Å². The van der Waals surface area contributed by atoms with E-state index in [1.807, 2.05) is 25.1 Å².